The van der Waals surface area contributed by atoms with E-state index in [1.165, 1.54) is 0 Å². The maximum atomic E-state index is 11.2. The minimum Gasteiger partial charge on any atom is -0.320 e. The van der Waals surface area contributed by atoms with Crippen LogP contribution in [-0.4, -0.2) is 37.7 Å². The summed E-state index contributed by atoms with van der Waals surface area (Å²) in [6.07, 6.45) is 2.39. The average Bonchev–Trinajstić information content (AvgIpc) is 2.03. The Morgan fingerprint density at radius 2 is 1.62 bits per heavy atom. The molecule has 2 atom stereocenters. The van der Waals surface area contributed by atoms with Crippen LogP contribution in [0.2, 0.25) is 0 Å². The molecule has 2 unspecified atom stereocenters. The van der Waals surface area contributed by atoms with Crippen LogP contribution in [0.25, 0.3) is 0 Å². The molecule has 1 rings (SSSR count). The minimum absolute atomic E-state index is 0.140. The maximum Gasteiger partial charge on any atom is 0.395 e. The summed E-state index contributed by atoms with van der Waals surface area (Å²) in [5.41, 5.74) is -1.91. The Morgan fingerprint density at radius 1 is 1.12 bits per heavy atom. The summed E-state index contributed by atoms with van der Waals surface area (Å²) in [5, 5.41) is 0. The van der Waals surface area contributed by atoms with Crippen molar-refractivity contribution in [2.75, 3.05) is 6.54 Å². The zero-order valence-electron chi connectivity index (χ0n) is 8.98. The Bertz CT molecular complexity index is 314. The molecule has 5 N–H and O–H groups in total. The van der Waals surface area contributed by atoms with Crippen molar-refractivity contribution in [3.05, 3.63) is 0 Å². The van der Waals surface area contributed by atoms with Gasteiger partial charge in [-0.05, 0) is 26.2 Å². The highest BCUT2D eigenvalue weighted by atomic mass is 31.2. The highest BCUT2D eigenvalue weighted by Crippen LogP contribution is 2.56. The second-order valence-corrected chi connectivity index (χ2v) is 8.07. The van der Waals surface area contributed by atoms with Gasteiger partial charge in [-0.3, -0.25) is 9.13 Å². The molecule has 96 valence electrons. The van der Waals surface area contributed by atoms with Gasteiger partial charge < -0.3 is 24.5 Å². The average molecular weight is 274 g/mol. The zero-order chi connectivity index (χ0) is 12.6. The normalized spacial score (nSPS) is 28.4. The monoisotopic (exact) mass is 274 g/mol. The molecule has 1 aliphatic rings. The zero-order valence-corrected chi connectivity index (χ0v) is 10.8. The van der Waals surface area contributed by atoms with Gasteiger partial charge in [-0.1, -0.05) is 0 Å². The van der Waals surface area contributed by atoms with Crippen molar-refractivity contribution in [1.82, 2.24) is 0 Å². The summed E-state index contributed by atoms with van der Waals surface area (Å²) in [5.74, 6) is 0. The third-order valence-corrected chi connectivity index (χ3v) is 6.70. The van der Waals surface area contributed by atoms with Crippen LogP contribution in [-0.2, 0) is 9.13 Å². The Balaban J connectivity index is 3.02. The molecule has 16 heavy (non-hydrogen) atoms. The minimum atomic E-state index is -4.80. The van der Waals surface area contributed by atoms with Gasteiger partial charge in [0.25, 0.3) is 5.52 Å². The Labute approximate surface area is 93.8 Å². The molecule has 1 heterocycles. The number of nitrogens with one attached hydrogen (secondary N) is 1. The van der Waals surface area contributed by atoms with E-state index in [0.717, 1.165) is 19.3 Å². The molecule has 7 nitrogen and oxygen atoms in total. The van der Waals surface area contributed by atoms with Crippen LogP contribution in [0.4, 0.5) is 0 Å². The molecule has 0 aromatic heterocycles. The van der Waals surface area contributed by atoms with Gasteiger partial charge >= 0.3 is 15.2 Å². The molecule has 1 aliphatic heterocycles. The van der Waals surface area contributed by atoms with Gasteiger partial charge in [-0.2, -0.15) is 0 Å². The number of quaternary nitrogens is 1. The summed E-state index contributed by atoms with van der Waals surface area (Å²) in [4.78, 5) is 36.7. The quantitative estimate of drug-likeness (QED) is 0.425. The van der Waals surface area contributed by atoms with E-state index < -0.39 is 20.7 Å². The van der Waals surface area contributed by atoms with Crippen LogP contribution in [0.1, 0.15) is 26.2 Å². The molecule has 0 bridgehead atoms. The van der Waals surface area contributed by atoms with E-state index in [9.17, 15) is 9.13 Å². The lowest BCUT2D eigenvalue weighted by molar-refractivity contribution is -0.929. The van der Waals surface area contributed by atoms with Crippen LogP contribution < -0.4 is 4.90 Å². The fourth-order valence-electron chi connectivity index (χ4n) is 2.22. The molecule has 0 amide bonds. The molecule has 1 saturated heterocycles. The fourth-order valence-corrected chi connectivity index (χ4v) is 5.42. The largest absolute Gasteiger partial charge is 0.395 e. The molecule has 0 radical (unpaired) electrons. The molecule has 1 fully saturated rings. The van der Waals surface area contributed by atoms with Crippen LogP contribution >= 0.6 is 15.2 Å². The first-order valence-corrected chi connectivity index (χ1v) is 8.46. The predicted molar refractivity (Wildman–Crippen MR) is 57.0 cm³/mol. The SMILES string of the molecule is CC1CCCC[NH+]1C(P(=O)(O)O)P(=O)(O)O. The van der Waals surface area contributed by atoms with Crippen molar-refractivity contribution in [3.8, 4) is 0 Å². The molecule has 0 aromatic rings. The lowest BCUT2D eigenvalue weighted by atomic mass is 10.1. The molecular formula is C7H18NO6P2+. The first-order chi connectivity index (χ1) is 7.14. The summed E-state index contributed by atoms with van der Waals surface area (Å²) >= 11 is 0. The lowest BCUT2D eigenvalue weighted by Gasteiger charge is -2.36. The van der Waals surface area contributed by atoms with Gasteiger partial charge in [0, 0.05) is 0 Å². The van der Waals surface area contributed by atoms with Crippen molar-refractivity contribution in [2.24, 2.45) is 0 Å². The van der Waals surface area contributed by atoms with E-state index in [1.54, 1.807) is 6.92 Å². The summed E-state index contributed by atoms with van der Waals surface area (Å²) in [7, 11) is -9.61. The first-order valence-electron chi connectivity index (χ1n) is 5.10. The topological polar surface area (TPSA) is 120 Å². The molecule has 0 aromatic carbocycles. The van der Waals surface area contributed by atoms with Crippen molar-refractivity contribution < 1.29 is 33.6 Å². The number of likely N-dealkylation sites (tertiary alicyclic amines) is 1. The van der Waals surface area contributed by atoms with Gasteiger partial charge in [-0.25, -0.2) is 0 Å². The van der Waals surface area contributed by atoms with Gasteiger partial charge in [-0.15, -0.1) is 0 Å². The molecule has 0 aliphatic carbocycles. The van der Waals surface area contributed by atoms with Gasteiger partial charge in [0.05, 0.1) is 12.6 Å². The molecule has 0 saturated carbocycles. The highest BCUT2D eigenvalue weighted by Gasteiger charge is 2.53. The van der Waals surface area contributed by atoms with E-state index in [4.69, 9.17) is 19.6 Å². The van der Waals surface area contributed by atoms with E-state index in [0.29, 0.717) is 11.4 Å². The smallest absolute Gasteiger partial charge is 0.320 e. The number of hydrogen-bond donors (Lipinski definition) is 5. The number of hydrogen-bond acceptors (Lipinski definition) is 2. The van der Waals surface area contributed by atoms with Crippen LogP contribution in [0.3, 0.4) is 0 Å². The first kappa shape index (κ1) is 14.3. The third-order valence-electron chi connectivity index (χ3n) is 2.95. The number of piperidine rings is 1. The third kappa shape index (κ3) is 3.37. The van der Waals surface area contributed by atoms with E-state index in [2.05, 4.69) is 0 Å². The van der Waals surface area contributed by atoms with Crippen molar-refractivity contribution in [2.45, 2.75) is 37.8 Å². The van der Waals surface area contributed by atoms with Gasteiger partial charge in [0.1, 0.15) is 0 Å². The molecule has 0 spiro atoms. The second-order valence-electron chi connectivity index (χ2n) is 4.27. The maximum absolute atomic E-state index is 11.2. The van der Waals surface area contributed by atoms with Crippen molar-refractivity contribution in [1.29, 1.82) is 0 Å². The van der Waals surface area contributed by atoms with E-state index >= 15 is 0 Å². The van der Waals surface area contributed by atoms with Crippen LogP contribution in [0.5, 0.6) is 0 Å². The summed E-state index contributed by atoms with van der Waals surface area (Å²) in [6.45, 7) is 2.15. The predicted octanol–water partition coefficient (Wildman–Crippen LogP) is -0.917. The van der Waals surface area contributed by atoms with Crippen molar-refractivity contribution >= 4 is 15.2 Å². The fraction of sp³-hybridized carbons (Fsp3) is 1.00. The summed E-state index contributed by atoms with van der Waals surface area (Å²) in [6, 6.07) is -0.140. The second kappa shape index (κ2) is 4.86. The lowest BCUT2D eigenvalue weighted by Crippen LogP contribution is -3.19. The molecular weight excluding hydrogens is 256 g/mol. The van der Waals surface area contributed by atoms with E-state index in [1.807, 2.05) is 0 Å². The Hall–Kier alpha value is 0.260. The number of rotatable bonds is 3. The summed E-state index contributed by atoms with van der Waals surface area (Å²) < 4.78 is 22.4. The molecule has 9 heteroatoms. The van der Waals surface area contributed by atoms with Crippen LogP contribution in [0, 0.1) is 0 Å². The highest BCUT2D eigenvalue weighted by molar-refractivity contribution is 7.70. The van der Waals surface area contributed by atoms with Gasteiger partial charge in [0.2, 0.25) is 0 Å². The van der Waals surface area contributed by atoms with E-state index in [-0.39, 0.29) is 6.04 Å². The van der Waals surface area contributed by atoms with Crippen LogP contribution in [0.15, 0.2) is 0 Å². The van der Waals surface area contributed by atoms with Crippen molar-refractivity contribution in [3.63, 3.8) is 0 Å². The Morgan fingerprint density at radius 3 is 2.00 bits per heavy atom. The standard InChI is InChI=1S/C7H17NO6P2/c1-6-4-2-3-5-8(6)7(15(9,10)11)16(12,13)14/h6-7H,2-5H2,1H3,(H2,9,10,11)(H2,12,13,14)/p+1. The Kier molecular flexibility index (Phi) is 4.35. The van der Waals surface area contributed by atoms with Gasteiger partial charge in [0.15, 0.2) is 0 Å².